The number of ether oxygens (including phenoxy) is 2. The van der Waals surface area contributed by atoms with Gasteiger partial charge in [0.15, 0.2) is 5.03 Å². The van der Waals surface area contributed by atoms with Gasteiger partial charge in [-0.15, -0.1) is 13.2 Å². The lowest BCUT2D eigenvalue weighted by molar-refractivity contribution is -0.274. The van der Waals surface area contributed by atoms with Crippen molar-refractivity contribution in [2.45, 2.75) is 49.5 Å². The Labute approximate surface area is 174 Å². The van der Waals surface area contributed by atoms with Crippen LogP contribution in [-0.2, 0) is 14.8 Å². The van der Waals surface area contributed by atoms with Crippen LogP contribution in [0.1, 0.15) is 32.1 Å². The molecular weight excluding hydrogens is 423 g/mol. The normalized spacial score (nSPS) is 26.2. The van der Waals surface area contributed by atoms with Gasteiger partial charge >= 0.3 is 6.36 Å². The van der Waals surface area contributed by atoms with Gasteiger partial charge in [0.25, 0.3) is 10.0 Å². The Balaban J connectivity index is 1.36. The summed E-state index contributed by atoms with van der Waals surface area (Å²) in [7, 11) is -3.84. The van der Waals surface area contributed by atoms with Crippen molar-refractivity contribution < 1.29 is 31.1 Å². The molecule has 0 amide bonds. The fraction of sp³-hybridized carbons (Fsp3) is 0.737. The average molecular weight is 449 g/mol. The van der Waals surface area contributed by atoms with E-state index in [9.17, 15) is 21.6 Å². The lowest BCUT2D eigenvalue weighted by Gasteiger charge is -2.40. The van der Waals surface area contributed by atoms with Gasteiger partial charge in [0.1, 0.15) is 5.75 Å². The van der Waals surface area contributed by atoms with E-state index in [4.69, 9.17) is 4.74 Å². The molecule has 3 fully saturated rings. The average Bonchev–Trinajstić information content (AvgIpc) is 3.12. The van der Waals surface area contributed by atoms with Crippen LogP contribution in [0, 0.1) is 5.41 Å². The first-order valence-corrected chi connectivity index (χ1v) is 11.6. The first-order chi connectivity index (χ1) is 14.2. The molecule has 7 nitrogen and oxygen atoms in total. The molecule has 1 saturated carbocycles. The molecule has 0 aromatic carbocycles. The Kier molecular flexibility index (Phi) is 5.99. The van der Waals surface area contributed by atoms with Gasteiger partial charge in [-0.2, -0.15) is 4.31 Å². The molecule has 3 heterocycles. The van der Waals surface area contributed by atoms with Gasteiger partial charge in [0.05, 0.1) is 19.4 Å². The van der Waals surface area contributed by atoms with Crippen molar-refractivity contribution in [3.05, 3.63) is 18.3 Å². The Hall–Kier alpha value is -1.43. The third-order valence-electron chi connectivity index (χ3n) is 6.57. The number of hydrogen-bond donors (Lipinski definition) is 0. The highest BCUT2D eigenvalue weighted by Crippen LogP contribution is 2.48. The van der Waals surface area contributed by atoms with Gasteiger partial charge in [0, 0.05) is 32.2 Å². The zero-order valence-electron chi connectivity index (χ0n) is 16.6. The molecular formula is C19H26F3N3O4S. The molecule has 0 N–H and O–H groups in total. The standard InChI is InChI=1S/C19H26F3N3O4S/c20-19(21,22)29-16-1-2-17(23-14-16)30(26,27)25-7-5-18(6-8-25)4-3-15(13-18)24-9-11-28-12-10-24/h1-2,14-15H,3-13H2. The molecule has 1 aromatic heterocycles. The van der Waals surface area contributed by atoms with E-state index in [-0.39, 0.29) is 10.4 Å². The second kappa shape index (κ2) is 8.25. The summed E-state index contributed by atoms with van der Waals surface area (Å²) < 4.78 is 73.2. The number of nitrogens with zero attached hydrogens (tertiary/aromatic N) is 3. The largest absolute Gasteiger partial charge is 0.573 e. The van der Waals surface area contributed by atoms with E-state index in [0.29, 0.717) is 19.1 Å². The molecule has 1 aromatic rings. The lowest BCUT2D eigenvalue weighted by Crippen LogP contribution is -2.45. The fourth-order valence-corrected chi connectivity index (χ4v) is 6.29. The van der Waals surface area contributed by atoms with Gasteiger partial charge < -0.3 is 9.47 Å². The fourth-order valence-electron chi connectivity index (χ4n) is 4.93. The van der Waals surface area contributed by atoms with Crippen LogP contribution in [0.15, 0.2) is 23.4 Å². The number of morpholine rings is 1. The maximum absolute atomic E-state index is 12.9. The van der Waals surface area contributed by atoms with Gasteiger partial charge in [-0.1, -0.05) is 0 Å². The van der Waals surface area contributed by atoms with Gasteiger partial charge in [-0.25, -0.2) is 13.4 Å². The molecule has 1 unspecified atom stereocenters. The minimum absolute atomic E-state index is 0.173. The summed E-state index contributed by atoms with van der Waals surface area (Å²) >= 11 is 0. The van der Waals surface area contributed by atoms with E-state index in [1.54, 1.807) is 0 Å². The van der Waals surface area contributed by atoms with Crippen molar-refractivity contribution in [2.75, 3.05) is 39.4 Å². The topological polar surface area (TPSA) is 72.0 Å². The van der Waals surface area contributed by atoms with Crippen LogP contribution in [0.5, 0.6) is 5.75 Å². The highest BCUT2D eigenvalue weighted by molar-refractivity contribution is 7.89. The Morgan fingerprint density at radius 2 is 1.80 bits per heavy atom. The maximum atomic E-state index is 12.9. The van der Waals surface area contributed by atoms with Crippen molar-refractivity contribution in [2.24, 2.45) is 5.41 Å². The number of alkyl halides is 3. The smallest absolute Gasteiger partial charge is 0.404 e. The number of sulfonamides is 1. The summed E-state index contributed by atoms with van der Waals surface area (Å²) in [4.78, 5) is 6.19. The SMILES string of the molecule is O=S(=O)(c1ccc(OC(F)(F)F)cn1)N1CCC2(CCC(N3CCOCC3)C2)CC1. The van der Waals surface area contributed by atoms with Crippen LogP contribution >= 0.6 is 0 Å². The molecule has 168 valence electrons. The zero-order valence-corrected chi connectivity index (χ0v) is 17.4. The maximum Gasteiger partial charge on any atom is 0.573 e. The van der Waals surface area contributed by atoms with E-state index in [1.165, 1.54) is 4.31 Å². The number of aromatic nitrogens is 1. The van der Waals surface area contributed by atoms with E-state index in [0.717, 1.165) is 76.7 Å². The van der Waals surface area contributed by atoms with E-state index >= 15 is 0 Å². The van der Waals surface area contributed by atoms with Gasteiger partial charge in [-0.3, -0.25) is 4.90 Å². The van der Waals surface area contributed by atoms with E-state index in [1.807, 2.05) is 0 Å². The predicted molar refractivity (Wildman–Crippen MR) is 101 cm³/mol. The van der Waals surface area contributed by atoms with Crippen molar-refractivity contribution in [3.8, 4) is 5.75 Å². The molecule has 4 rings (SSSR count). The second-order valence-electron chi connectivity index (χ2n) is 8.33. The first kappa shape index (κ1) is 21.8. The van der Waals surface area contributed by atoms with Crippen LogP contribution in [0.4, 0.5) is 13.2 Å². The molecule has 0 radical (unpaired) electrons. The molecule has 11 heteroatoms. The predicted octanol–water partition coefficient (Wildman–Crippen LogP) is 2.64. The summed E-state index contributed by atoms with van der Waals surface area (Å²) in [6.07, 6.45) is 0.853. The Bertz CT molecular complexity index is 834. The van der Waals surface area contributed by atoms with Crippen molar-refractivity contribution in [1.82, 2.24) is 14.2 Å². The van der Waals surface area contributed by atoms with Crippen LogP contribution in [0.2, 0.25) is 0 Å². The number of piperidine rings is 1. The monoisotopic (exact) mass is 449 g/mol. The minimum Gasteiger partial charge on any atom is -0.404 e. The summed E-state index contributed by atoms with van der Waals surface area (Å²) in [5.74, 6) is -0.542. The Morgan fingerprint density at radius 1 is 1.10 bits per heavy atom. The van der Waals surface area contributed by atoms with Crippen LogP contribution in [0.3, 0.4) is 0 Å². The zero-order chi connectivity index (χ0) is 21.4. The third kappa shape index (κ3) is 4.74. The molecule has 1 atom stereocenters. The number of pyridine rings is 1. The van der Waals surface area contributed by atoms with E-state index in [2.05, 4.69) is 14.6 Å². The molecule has 1 aliphatic carbocycles. The second-order valence-corrected chi connectivity index (χ2v) is 10.2. The van der Waals surface area contributed by atoms with E-state index < -0.39 is 22.1 Å². The summed E-state index contributed by atoms with van der Waals surface area (Å²) in [5, 5.41) is -0.259. The molecule has 0 bridgehead atoms. The van der Waals surface area contributed by atoms with Crippen LogP contribution < -0.4 is 4.74 Å². The van der Waals surface area contributed by atoms with Crippen molar-refractivity contribution in [1.29, 1.82) is 0 Å². The van der Waals surface area contributed by atoms with Crippen LogP contribution in [0.25, 0.3) is 0 Å². The highest BCUT2D eigenvalue weighted by atomic mass is 32.2. The van der Waals surface area contributed by atoms with Gasteiger partial charge in [0.2, 0.25) is 0 Å². The molecule has 30 heavy (non-hydrogen) atoms. The highest BCUT2D eigenvalue weighted by Gasteiger charge is 2.45. The summed E-state index contributed by atoms with van der Waals surface area (Å²) in [6, 6.07) is 2.58. The number of hydrogen-bond acceptors (Lipinski definition) is 6. The van der Waals surface area contributed by atoms with Gasteiger partial charge in [-0.05, 0) is 49.7 Å². The van der Waals surface area contributed by atoms with Crippen LogP contribution in [-0.4, -0.2) is 74.4 Å². The minimum atomic E-state index is -4.84. The molecule has 2 aliphatic heterocycles. The van der Waals surface area contributed by atoms with Crippen molar-refractivity contribution >= 4 is 10.0 Å². The number of halogens is 3. The number of rotatable bonds is 4. The van der Waals surface area contributed by atoms with Crippen molar-refractivity contribution in [3.63, 3.8) is 0 Å². The summed E-state index contributed by atoms with van der Waals surface area (Å²) in [6.45, 7) is 4.27. The third-order valence-corrected chi connectivity index (χ3v) is 8.38. The summed E-state index contributed by atoms with van der Waals surface area (Å²) in [5.41, 5.74) is 0.173. The molecule has 3 aliphatic rings. The first-order valence-electron chi connectivity index (χ1n) is 10.2. The molecule has 2 saturated heterocycles. The molecule has 1 spiro atoms. The Morgan fingerprint density at radius 3 is 2.40 bits per heavy atom. The lowest BCUT2D eigenvalue weighted by atomic mass is 9.77. The quantitative estimate of drug-likeness (QED) is 0.704.